The Morgan fingerprint density at radius 3 is 2.16 bits per heavy atom. The third kappa shape index (κ3) is 4.66. The van der Waals surface area contributed by atoms with Gasteiger partial charge in [-0.15, -0.1) is 11.8 Å². The molecule has 0 saturated heterocycles. The van der Waals surface area contributed by atoms with Gasteiger partial charge in [-0.3, -0.25) is 4.79 Å². The Hall–Kier alpha value is -1.74. The van der Waals surface area contributed by atoms with Crippen molar-refractivity contribution in [3.63, 3.8) is 0 Å². The third-order valence-corrected chi connectivity index (χ3v) is 6.07. The fraction of sp³-hybridized carbons (Fsp3) is 0.0952. The highest BCUT2D eigenvalue weighted by atomic mass is 35.5. The second-order valence-electron chi connectivity index (χ2n) is 5.56. The predicted octanol–water partition coefficient (Wildman–Crippen LogP) is 7.10. The van der Waals surface area contributed by atoms with E-state index in [0.29, 0.717) is 16.5 Å². The molecule has 1 atom stereocenters. The van der Waals surface area contributed by atoms with Crippen molar-refractivity contribution in [2.45, 2.75) is 16.6 Å². The van der Waals surface area contributed by atoms with E-state index in [4.69, 9.17) is 23.2 Å². The van der Waals surface area contributed by atoms with E-state index in [9.17, 15) is 4.79 Å². The van der Waals surface area contributed by atoms with Crippen molar-refractivity contribution in [2.75, 3.05) is 0 Å². The summed E-state index contributed by atoms with van der Waals surface area (Å²) in [7, 11) is 0. The Bertz CT molecular complexity index is 850. The molecule has 0 aliphatic rings. The molecule has 4 heteroatoms. The van der Waals surface area contributed by atoms with E-state index in [2.05, 4.69) is 0 Å². The first kappa shape index (κ1) is 18.1. The molecule has 0 bridgehead atoms. The molecule has 0 amide bonds. The number of hydrogen-bond donors (Lipinski definition) is 0. The SMILES string of the molecule is O=C(C[C@@H](Sc1cccc(Cl)c1Cl)c1ccccc1)c1ccccc1. The van der Waals surface area contributed by atoms with Gasteiger partial charge in [0.25, 0.3) is 0 Å². The summed E-state index contributed by atoms with van der Waals surface area (Å²) in [6.07, 6.45) is 0.390. The topological polar surface area (TPSA) is 17.1 Å². The van der Waals surface area contributed by atoms with Crippen molar-refractivity contribution in [1.29, 1.82) is 0 Å². The molecule has 0 aliphatic heterocycles. The van der Waals surface area contributed by atoms with Gasteiger partial charge in [-0.05, 0) is 17.7 Å². The lowest BCUT2D eigenvalue weighted by Crippen LogP contribution is -2.05. The number of carbonyl (C=O) groups excluding carboxylic acids is 1. The Kier molecular flexibility index (Phi) is 6.19. The lowest BCUT2D eigenvalue weighted by Gasteiger charge is -2.17. The Labute approximate surface area is 162 Å². The number of ketones is 1. The molecule has 1 nitrogen and oxygen atoms in total. The van der Waals surface area contributed by atoms with Crippen LogP contribution in [-0.2, 0) is 0 Å². The van der Waals surface area contributed by atoms with Crippen LogP contribution in [0.5, 0.6) is 0 Å². The fourth-order valence-corrected chi connectivity index (χ4v) is 4.23. The number of rotatable bonds is 6. The van der Waals surface area contributed by atoms with Gasteiger partial charge in [0.15, 0.2) is 5.78 Å². The van der Waals surface area contributed by atoms with Crippen LogP contribution in [0.2, 0.25) is 10.0 Å². The highest BCUT2D eigenvalue weighted by molar-refractivity contribution is 7.99. The number of thioether (sulfide) groups is 1. The van der Waals surface area contributed by atoms with Gasteiger partial charge < -0.3 is 0 Å². The summed E-state index contributed by atoms with van der Waals surface area (Å²) in [5, 5.41) is 1.01. The second kappa shape index (κ2) is 8.57. The number of Topliss-reactive ketones (excluding diaryl/α,β-unsaturated/α-hetero) is 1. The molecule has 0 aromatic heterocycles. The van der Waals surface area contributed by atoms with E-state index in [-0.39, 0.29) is 11.0 Å². The first-order valence-electron chi connectivity index (χ1n) is 7.89. The maximum absolute atomic E-state index is 12.7. The minimum atomic E-state index is -0.0372. The minimum Gasteiger partial charge on any atom is -0.294 e. The van der Waals surface area contributed by atoms with Gasteiger partial charge >= 0.3 is 0 Å². The average molecular weight is 387 g/mol. The van der Waals surface area contributed by atoms with Gasteiger partial charge in [0.1, 0.15) is 0 Å². The lowest BCUT2D eigenvalue weighted by molar-refractivity contribution is 0.0982. The summed E-state index contributed by atoms with van der Waals surface area (Å²) in [6, 6.07) is 24.9. The van der Waals surface area contributed by atoms with E-state index in [1.165, 1.54) is 0 Å². The molecule has 25 heavy (non-hydrogen) atoms. The minimum absolute atomic E-state index is 0.0372. The molecule has 126 valence electrons. The summed E-state index contributed by atoms with van der Waals surface area (Å²) >= 11 is 14.0. The molecular formula is C21H16Cl2OS. The smallest absolute Gasteiger partial charge is 0.164 e. The zero-order valence-corrected chi connectivity index (χ0v) is 15.7. The maximum atomic E-state index is 12.7. The van der Waals surface area contributed by atoms with Crippen LogP contribution in [0.3, 0.4) is 0 Å². The van der Waals surface area contributed by atoms with Crippen LogP contribution in [0.4, 0.5) is 0 Å². The molecule has 3 aromatic carbocycles. The molecular weight excluding hydrogens is 371 g/mol. The largest absolute Gasteiger partial charge is 0.294 e. The zero-order chi connectivity index (χ0) is 17.6. The molecule has 0 N–H and O–H groups in total. The Balaban J connectivity index is 1.88. The first-order valence-corrected chi connectivity index (χ1v) is 9.52. The number of halogens is 2. The molecule has 0 unspecified atom stereocenters. The van der Waals surface area contributed by atoms with Crippen LogP contribution in [0.25, 0.3) is 0 Å². The standard InChI is InChI=1S/C21H16Cl2OS/c22-17-12-7-13-19(21(17)23)25-20(16-10-5-2-6-11-16)14-18(24)15-8-3-1-4-9-15/h1-13,20H,14H2/t20-/m1/s1. The molecule has 0 heterocycles. The average Bonchev–Trinajstić information content (AvgIpc) is 2.66. The van der Waals surface area contributed by atoms with Crippen LogP contribution in [-0.4, -0.2) is 5.78 Å². The van der Waals surface area contributed by atoms with Crippen molar-refractivity contribution in [2.24, 2.45) is 0 Å². The molecule has 0 spiro atoms. The van der Waals surface area contributed by atoms with Gasteiger partial charge in [-0.1, -0.05) is 89.9 Å². The molecule has 0 radical (unpaired) electrons. The van der Waals surface area contributed by atoms with Crippen LogP contribution in [0.1, 0.15) is 27.6 Å². The van der Waals surface area contributed by atoms with E-state index in [0.717, 1.165) is 16.0 Å². The van der Waals surface area contributed by atoms with Gasteiger partial charge in [-0.2, -0.15) is 0 Å². The van der Waals surface area contributed by atoms with Crippen LogP contribution < -0.4 is 0 Å². The predicted molar refractivity (Wildman–Crippen MR) is 107 cm³/mol. The molecule has 3 rings (SSSR count). The number of benzene rings is 3. The van der Waals surface area contributed by atoms with Gasteiger partial charge in [-0.25, -0.2) is 0 Å². The van der Waals surface area contributed by atoms with Crippen molar-refractivity contribution < 1.29 is 4.79 Å². The third-order valence-electron chi connectivity index (χ3n) is 3.82. The number of carbonyl (C=O) groups is 1. The zero-order valence-electron chi connectivity index (χ0n) is 13.4. The maximum Gasteiger partial charge on any atom is 0.164 e. The molecule has 0 saturated carbocycles. The number of hydrogen-bond acceptors (Lipinski definition) is 2. The van der Waals surface area contributed by atoms with E-state index < -0.39 is 0 Å². The highest BCUT2D eigenvalue weighted by Gasteiger charge is 2.20. The van der Waals surface area contributed by atoms with E-state index in [1.807, 2.05) is 72.8 Å². The van der Waals surface area contributed by atoms with Gasteiger partial charge in [0.05, 0.1) is 10.0 Å². The van der Waals surface area contributed by atoms with E-state index in [1.54, 1.807) is 17.8 Å². The Morgan fingerprint density at radius 2 is 1.48 bits per heavy atom. The molecule has 0 aliphatic carbocycles. The molecule has 3 aromatic rings. The first-order chi connectivity index (χ1) is 12.1. The van der Waals surface area contributed by atoms with Crippen LogP contribution in [0, 0.1) is 0 Å². The lowest BCUT2D eigenvalue weighted by atomic mass is 10.0. The summed E-state index contributed by atoms with van der Waals surface area (Å²) in [6.45, 7) is 0. The van der Waals surface area contributed by atoms with Crippen molar-refractivity contribution >= 4 is 40.7 Å². The molecule has 0 fully saturated rings. The summed E-state index contributed by atoms with van der Waals surface area (Å²) in [4.78, 5) is 13.6. The van der Waals surface area contributed by atoms with Crippen LogP contribution >= 0.6 is 35.0 Å². The summed E-state index contributed by atoms with van der Waals surface area (Å²) in [5.41, 5.74) is 1.81. The monoisotopic (exact) mass is 386 g/mol. The second-order valence-corrected chi connectivity index (χ2v) is 7.59. The van der Waals surface area contributed by atoms with Gasteiger partial charge in [0.2, 0.25) is 0 Å². The Morgan fingerprint density at radius 1 is 0.840 bits per heavy atom. The van der Waals surface area contributed by atoms with Crippen molar-refractivity contribution in [1.82, 2.24) is 0 Å². The van der Waals surface area contributed by atoms with E-state index >= 15 is 0 Å². The van der Waals surface area contributed by atoms with Crippen molar-refractivity contribution in [3.8, 4) is 0 Å². The summed E-state index contributed by atoms with van der Waals surface area (Å²) in [5.74, 6) is 0.111. The van der Waals surface area contributed by atoms with Crippen LogP contribution in [0.15, 0.2) is 83.8 Å². The van der Waals surface area contributed by atoms with Crippen molar-refractivity contribution in [3.05, 3.63) is 100 Å². The van der Waals surface area contributed by atoms with Gasteiger partial charge in [0, 0.05) is 22.1 Å². The highest BCUT2D eigenvalue weighted by Crippen LogP contribution is 2.43. The summed E-state index contributed by atoms with van der Waals surface area (Å²) < 4.78 is 0. The fourth-order valence-electron chi connectivity index (χ4n) is 2.53. The normalized spacial score (nSPS) is 11.9. The quantitative estimate of drug-likeness (QED) is 0.331.